The van der Waals surface area contributed by atoms with Crippen LogP contribution in [0, 0.1) is 11.8 Å². The largest absolute Gasteiger partial charge is 0.243 e. The molecule has 0 unspecified atom stereocenters. The summed E-state index contributed by atoms with van der Waals surface area (Å²) in [4.78, 5) is 0.436. The van der Waals surface area contributed by atoms with Gasteiger partial charge >= 0.3 is 0 Å². The first-order valence-electron chi connectivity index (χ1n) is 6.71. The van der Waals surface area contributed by atoms with Crippen LogP contribution in [0.4, 0.5) is 0 Å². The highest BCUT2D eigenvalue weighted by Gasteiger charge is 2.35. The van der Waals surface area contributed by atoms with E-state index in [1.54, 1.807) is 28.6 Å². The van der Waals surface area contributed by atoms with Gasteiger partial charge in [0.1, 0.15) is 0 Å². The van der Waals surface area contributed by atoms with Crippen molar-refractivity contribution in [2.45, 2.75) is 30.6 Å². The third-order valence-electron chi connectivity index (χ3n) is 3.70. The van der Waals surface area contributed by atoms with Crippen molar-refractivity contribution in [2.24, 2.45) is 11.8 Å². The minimum atomic E-state index is -3.28. The van der Waals surface area contributed by atoms with E-state index in [0.717, 1.165) is 0 Å². The predicted molar refractivity (Wildman–Crippen MR) is 70.6 cm³/mol. The number of nitrogens with zero attached hydrogens (tertiary/aromatic N) is 1. The minimum absolute atomic E-state index is 0.436. The quantitative estimate of drug-likeness (QED) is 0.792. The van der Waals surface area contributed by atoms with Crippen molar-refractivity contribution in [3.8, 4) is 0 Å². The molecule has 2 aliphatic rings. The Morgan fingerprint density at radius 1 is 0.944 bits per heavy atom. The molecule has 3 nitrogen and oxygen atoms in total. The van der Waals surface area contributed by atoms with Crippen molar-refractivity contribution >= 4 is 10.0 Å². The summed E-state index contributed by atoms with van der Waals surface area (Å²) in [5.41, 5.74) is 0. The molecule has 0 aromatic heterocycles. The minimum Gasteiger partial charge on any atom is -0.207 e. The number of hydrogen-bond acceptors (Lipinski definition) is 2. The Kier molecular flexibility index (Phi) is 3.16. The molecule has 0 amide bonds. The highest BCUT2D eigenvalue weighted by molar-refractivity contribution is 7.89. The number of hydrogen-bond donors (Lipinski definition) is 0. The molecular formula is C14H19NO2S. The Morgan fingerprint density at radius 2 is 1.44 bits per heavy atom. The maximum absolute atomic E-state index is 12.6. The third kappa shape index (κ3) is 2.75. The van der Waals surface area contributed by atoms with Crippen molar-refractivity contribution in [1.82, 2.24) is 4.31 Å². The SMILES string of the molecule is O=S(=O)(c1ccccc1)N(CC1CC1)CC1CC1. The van der Waals surface area contributed by atoms with Crippen LogP contribution in [0.1, 0.15) is 25.7 Å². The second kappa shape index (κ2) is 4.67. The lowest BCUT2D eigenvalue weighted by atomic mass is 10.4. The van der Waals surface area contributed by atoms with Gasteiger partial charge in [-0.15, -0.1) is 0 Å². The van der Waals surface area contributed by atoms with E-state index >= 15 is 0 Å². The van der Waals surface area contributed by atoms with Gasteiger partial charge in [-0.2, -0.15) is 4.31 Å². The number of sulfonamides is 1. The van der Waals surface area contributed by atoms with Crippen LogP contribution in [-0.2, 0) is 10.0 Å². The fourth-order valence-corrected chi connectivity index (χ4v) is 3.80. The van der Waals surface area contributed by atoms with Crippen LogP contribution in [0.2, 0.25) is 0 Å². The summed E-state index contributed by atoms with van der Waals surface area (Å²) in [6.45, 7) is 1.43. The monoisotopic (exact) mass is 265 g/mol. The Hall–Kier alpha value is -0.870. The normalized spacial score (nSPS) is 20.3. The third-order valence-corrected chi connectivity index (χ3v) is 5.54. The van der Waals surface area contributed by atoms with Gasteiger partial charge in [-0.05, 0) is 49.7 Å². The van der Waals surface area contributed by atoms with Gasteiger partial charge in [0.2, 0.25) is 10.0 Å². The van der Waals surface area contributed by atoms with Gasteiger partial charge < -0.3 is 0 Å². The molecule has 0 radical (unpaired) electrons. The first-order valence-corrected chi connectivity index (χ1v) is 8.15. The van der Waals surface area contributed by atoms with Gasteiger partial charge in [0, 0.05) is 13.1 Å². The topological polar surface area (TPSA) is 37.4 Å². The van der Waals surface area contributed by atoms with Crippen molar-refractivity contribution < 1.29 is 8.42 Å². The Balaban J connectivity index is 1.82. The van der Waals surface area contributed by atoms with E-state index in [2.05, 4.69) is 0 Å². The Morgan fingerprint density at radius 3 is 1.89 bits per heavy atom. The summed E-state index contributed by atoms with van der Waals surface area (Å²) in [5.74, 6) is 1.20. The second-order valence-electron chi connectivity index (χ2n) is 5.52. The molecule has 0 atom stereocenters. The van der Waals surface area contributed by atoms with Crippen molar-refractivity contribution in [3.05, 3.63) is 30.3 Å². The van der Waals surface area contributed by atoms with Crippen LogP contribution < -0.4 is 0 Å². The average Bonchev–Trinajstić information content (AvgIpc) is 3.24. The average molecular weight is 265 g/mol. The van der Waals surface area contributed by atoms with Gasteiger partial charge in [0.15, 0.2) is 0 Å². The van der Waals surface area contributed by atoms with E-state index in [-0.39, 0.29) is 0 Å². The zero-order valence-electron chi connectivity index (χ0n) is 10.5. The molecule has 0 spiro atoms. The lowest BCUT2D eigenvalue weighted by Crippen LogP contribution is -2.34. The van der Waals surface area contributed by atoms with Crippen molar-refractivity contribution in [2.75, 3.05) is 13.1 Å². The van der Waals surface area contributed by atoms with Gasteiger partial charge in [-0.25, -0.2) is 8.42 Å². The van der Waals surface area contributed by atoms with Crippen LogP contribution in [-0.4, -0.2) is 25.8 Å². The molecule has 2 fully saturated rings. The van der Waals surface area contributed by atoms with E-state index in [1.807, 2.05) is 6.07 Å². The molecule has 1 aromatic carbocycles. The zero-order valence-corrected chi connectivity index (χ0v) is 11.3. The summed E-state index contributed by atoms with van der Waals surface area (Å²) in [7, 11) is -3.28. The fourth-order valence-electron chi connectivity index (χ4n) is 2.19. The number of rotatable bonds is 6. The summed E-state index contributed by atoms with van der Waals surface area (Å²) < 4.78 is 26.9. The molecule has 0 N–H and O–H groups in total. The first kappa shape index (κ1) is 12.2. The van der Waals surface area contributed by atoms with Crippen LogP contribution in [0.5, 0.6) is 0 Å². The lowest BCUT2D eigenvalue weighted by Gasteiger charge is -2.22. The highest BCUT2D eigenvalue weighted by atomic mass is 32.2. The first-order chi connectivity index (χ1) is 8.66. The molecule has 18 heavy (non-hydrogen) atoms. The standard InChI is InChI=1S/C14H19NO2S/c16-18(17,14-4-2-1-3-5-14)15(10-12-6-7-12)11-13-8-9-13/h1-5,12-13H,6-11H2. The molecule has 0 heterocycles. The van der Waals surface area contributed by atoms with E-state index in [1.165, 1.54) is 25.7 Å². The maximum Gasteiger partial charge on any atom is 0.243 e. The van der Waals surface area contributed by atoms with E-state index in [0.29, 0.717) is 29.8 Å². The van der Waals surface area contributed by atoms with Crippen LogP contribution in [0.15, 0.2) is 35.2 Å². The predicted octanol–water partition coefficient (Wildman–Crippen LogP) is 2.50. The molecule has 4 heteroatoms. The summed E-state index contributed by atoms with van der Waals surface area (Å²) >= 11 is 0. The summed E-state index contributed by atoms with van der Waals surface area (Å²) in [6, 6.07) is 8.83. The van der Waals surface area contributed by atoms with Crippen LogP contribution in [0.3, 0.4) is 0 Å². The Labute approximate surface area is 109 Å². The maximum atomic E-state index is 12.6. The molecule has 98 valence electrons. The molecule has 0 bridgehead atoms. The van der Waals surface area contributed by atoms with Gasteiger partial charge in [0.25, 0.3) is 0 Å². The zero-order chi connectivity index (χ0) is 12.6. The van der Waals surface area contributed by atoms with Gasteiger partial charge in [0.05, 0.1) is 4.90 Å². The van der Waals surface area contributed by atoms with E-state index in [4.69, 9.17) is 0 Å². The fraction of sp³-hybridized carbons (Fsp3) is 0.571. The smallest absolute Gasteiger partial charge is 0.207 e. The van der Waals surface area contributed by atoms with Crippen molar-refractivity contribution in [1.29, 1.82) is 0 Å². The second-order valence-corrected chi connectivity index (χ2v) is 7.46. The molecule has 3 rings (SSSR count). The molecule has 2 aliphatic carbocycles. The summed E-state index contributed by atoms with van der Waals surface area (Å²) in [5, 5.41) is 0. The summed E-state index contributed by atoms with van der Waals surface area (Å²) in [6.07, 6.45) is 4.74. The van der Waals surface area contributed by atoms with Crippen LogP contribution >= 0.6 is 0 Å². The van der Waals surface area contributed by atoms with Crippen LogP contribution in [0.25, 0.3) is 0 Å². The highest BCUT2D eigenvalue weighted by Crippen LogP contribution is 2.35. The van der Waals surface area contributed by atoms with Gasteiger partial charge in [-0.1, -0.05) is 18.2 Å². The molecule has 1 aromatic rings. The van der Waals surface area contributed by atoms with Gasteiger partial charge in [-0.3, -0.25) is 0 Å². The van der Waals surface area contributed by atoms with E-state index < -0.39 is 10.0 Å². The molecule has 0 saturated heterocycles. The molecular weight excluding hydrogens is 246 g/mol. The molecule has 0 aliphatic heterocycles. The number of benzene rings is 1. The van der Waals surface area contributed by atoms with E-state index in [9.17, 15) is 8.42 Å². The lowest BCUT2D eigenvalue weighted by molar-refractivity contribution is 0.382. The molecule has 2 saturated carbocycles. The van der Waals surface area contributed by atoms with Crippen molar-refractivity contribution in [3.63, 3.8) is 0 Å². The Bertz CT molecular complexity index is 490.